The zero-order chi connectivity index (χ0) is 13.5. The van der Waals surface area contributed by atoms with E-state index in [1.54, 1.807) is 0 Å². The molecule has 0 amide bonds. The van der Waals surface area contributed by atoms with Gasteiger partial charge in [0.2, 0.25) is 0 Å². The minimum atomic E-state index is 0.155. The highest BCUT2D eigenvalue weighted by molar-refractivity contribution is 5.74. The van der Waals surface area contributed by atoms with Gasteiger partial charge in [0.05, 0.1) is 5.57 Å². The Hall–Kier alpha value is -2.91. The molecule has 0 aliphatic rings. The van der Waals surface area contributed by atoms with Gasteiger partial charge in [-0.1, -0.05) is 36.4 Å². The van der Waals surface area contributed by atoms with E-state index in [4.69, 9.17) is 10.5 Å². The molecule has 90 valence electrons. The van der Waals surface area contributed by atoms with Crippen LogP contribution in [0, 0.1) is 22.7 Å². The van der Waals surface area contributed by atoms with E-state index in [1.165, 1.54) is 0 Å². The third kappa shape index (κ3) is 3.06. The first kappa shape index (κ1) is 12.5. The normalized spacial score (nSPS) is 9.16. The zero-order valence-corrected chi connectivity index (χ0v) is 10.3. The molecule has 1 heterocycles. The molecular formula is C16H12N3+. The van der Waals surface area contributed by atoms with Crippen LogP contribution in [-0.4, -0.2) is 0 Å². The molecule has 3 nitrogen and oxygen atoms in total. The monoisotopic (exact) mass is 246 g/mol. The van der Waals surface area contributed by atoms with Crippen LogP contribution in [0.2, 0.25) is 0 Å². The number of hydrogen-bond acceptors (Lipinski definition) is 2. The quantitative estimate of drug-likeness (QED) is 0.617. The number of hydrogen-bond donors (Lipinski definition) is 0. The lowest BCUT2D eigenvalue weighted by atomic mass is 10.0. The number of allylic oxidation sites excluding steroid dienone is 2. The minimum absolute atomic E-state index is 0.155. The molecule has 0 spiro atoms. The Balaban J connectivity index is 2.47. The lowest BCUT2D eigenvalue weighted by molar-refractivity contribution is -0.684. The molecule has 0 fully saturated rings. The van der Waals surface area contributed by atoms with Crippen LogP contribution in [0.1, 0.15) is 5.56 Å². The average molecular weight is 246 g/mol. The topological polar surface area (TPSA) is 51.5 Å². The lowest BCUT2D eigenvalue weighted by Gasteiger charge is -2.04. The van der Waals surface area contributed by atoms with Crippen molar-refractivity contribution in [2.24, 2.45) is 0 Å². The maximum absolute atomic E-state index is 9.10. The summed E-state index contributed by atoms with van der Waals surface area (Å²) < 4.78 is 1.94. The summed E-state index contributed by atoms with van der Waals surface area (Å²) in [5, 5.41) is 18.2. The summed E-state index contributed by atoms with van der Waals surface area (Å²) >= 11 is 0. The largest absolute Gasteiger partial charge is 0.201 e. The van der Waals surface area contributed by atoms with Crippen molar-refractivity contribution in [1.29, 1.82) is 10.5 Å². The van der Waals surface area contributed by atoms with Gasteiger partial charge in [-0.05, 0) is 5.56 Å². The predicted octanol–water partition coefficient (Wildman–Crippen LogP) is 2.48. The fourth-order valence-electron chi connectivity index (χ4n) is 1.84. The molecule has 0 unspecified atom stereocenters. The third-order valence-electron chi connectivity index (χ3n) is 2.77. The summed E-state index contributed by atoms with van der Waals surface area (Å²) in [6.07, 6.45) is 3.82. The van der Waals surface area contributed by atoms with Crippen molar-refractivity contribution >= 4 is 5.57 Å². The van der Waals surface area contributed by atoms with Crippen molar-refractivity contribution in [3.8, 4) is 12.1 Å². The van der Waals surface area contributed by atoms with Crippen molar-refractivity contribution < 1.29 is 4.57 Å². The van der Waals surface area contributed by atoms with Gasteiger partial charge in [-0.3, -0.25) is 0 Å². The second-order valence-corrected chi connectivity index (χ2v) is 3.99. The third-order valence-corrected chi connectivity index (χ3v) is 2.77. The number of pyridine rings is 1. The molecule has 0 radical (unpaired) electrons. The summed E-state index contributed by atoms with van der Waals surface area (Å²) in [6.45, 7) is 0.501. The Labute approximate surface area is 112 Å². The number of aromatic nitrogens is 1. The molecule has 0 aliphatic carbocycles. The summed E-state index contributed by atoms with van der Waals surface area (Å²) in [5.74, 6) is 0. The number of nitrogens with zero attached hydrogens (tertiary/aromatic N) is 3. The molecule has 1 aromatic carbocycles. The molecule has 2 rings (SSSR count). The maximum atomic E-state index is 9.10. The smallest absolute Gasteiger partial charge is 0.176 e. The Bertz CT molecular complexity index is 643. The van der Waals surface area contributed by atoms with E-state index in [0.717, 1.165) is 11.1 Å². The first-order valence-electron chi connectivity index (χ1n) is 5.88. The van der Waals surface area contributed by atoms with Gasteiger partial charge < -0.3 is 0 Å². The molecule has 0 aliphatic heterocycles. The van der Waals surface area contributed by atoms with Crippen LogP contribution in [0.5, 0.6) is 0 Å². The number of nitriles is 2. The van der Waals surface area contributed by atoms with Crippen molar-refractivity contribution in [1.82, 2.24) is 0 Å². The van der Waals surface area contributed by atoms with Crippen molar-refractivity contribution in [2.75, 3.05) is 0 Å². The highest BCUT2D eigenvalue weighted by Crippen LogP contribution is 2.18. The van der Waals surface area contributed by atoms with Crippen LogP contribution in [0.4, 0.5) is 0 Å². The molecule has 0 saturated heterocycles. The van der Waals surface area contributed by atoms with E-state index < -0.39 is 0 Å². The summed E-state index contributed by atoms with van der Waals surface area (Å²) in [4.78, 5) is 0. The van der Waals surface area contributed by atoms with Gasteiger partial charge in [-0.2, -0.15) is 10.5 Å². The Kier molecular flexibility index (Phi) is 4.05. The molecule has 19 heavy (non-hydrogen) atoms. The van der Waals surface area contributed by atoms with Gasteiger partial charge in [-0.15, -0.1) is 0 Å². The van der Waals surface area contributed by atoms with E-state index >= 15 is 0 Å². The molecule has 2 aromatic rings. The van der Waals surface area contributed by atoms with Crippen LogP contribution >= 0.6 is 0 Å². The highest BCUT2D eigenvalue weighted by atomic mass is 14.9. The van der Waals surface area contributed by atoms with Crippen LogP contribution in [0.15, 0.2) is 66.5 Å². The molecule has 0 saturated carbocycles. The SMILES string of the molecule is N#CC(C#N)=C(C[n+]1ccccc1)c1ccccc1. The van der Waals surface area contributed by atoms with Gasteiger partial charge in [0.25, 0.3) is 0 Å². The Morgan fingerprint density at radius 2 is 1.47 bits per heavy atom. The first-order chi connectivity index (χ1) is 9.35. The Morgan fingerprint density at radius 3 is 2.05 bits per heavy atom. The highest BCUT2D eigenvalue weighted by Gasteiger charge is 2.13. The van der Waals surface area contributed by atoms with Crippen molar-refractivity contribution in [3.05, 3.63) is 72.1 Å². The Morgan fingerprint density at radius 1 is 0.895 bits per heavy atom. The van der Waals surface area contributed by atoms with Gasteiger partial charge in [0.15, 0.2) is 18.9 Å². The van der Waals surface area contributed by atoms with Crippen LogP contribution < -0.4 is 4.57 Å². The van der Waals surface area contributed by atoms with Crippen LogP contribution in [-0.2, 0) is 6.54 Å². The molecule has 0 bridgehead atoms. The van der Waals surface area contributed by atoms with Gasteiger partial charge in [0.1, 0.15) is 17.7 Å². The molecule has 0 atom stereocenters. The second-order valence-electron chi connectivity index (χ2n) is 3.99. The molecule has 3 heteroatoms. The summed E-state index contributed by atoms with van der Waals surface area (Å²) in [6, 6.07) is 19.2. The second kappa shape index (κ2) is 6.14. The average Bonchev–Trinajstić information content (AvgIpc) is 2.49. The number of benzene rings is 1. The molecule has 0 N–H and O–H groups in total. The van der Waals surface area contributed by atoms with Gasteiger partial charge >= 0.3 is 0 Å². The molecule has 1 aromatic heterocycles. The fourth-order valence-corrected chi connectivity index (χ4v) is 1.84. The van der Waals surface area contributed by atoms with E-state index in [2.05, 4.69) is 0 Å². The van der Waals surface area contributed by atoms with Gasteiger partial charge in [-0.25, -0.2) is 4.57 Å². The summed E-state index contributed by atoms with van der Waals surface area (Å²) in [7, 11) is 0. The van der Waals surface area contributed by atoms with E-state index in [1.807, 2.05) is 77.6 Å². The molecular weight excluding hydrogens is 234 g/mol. The van der Waals surface area contributed by atoms with Gasteiger partial charge in [0, 0.05) is 12.1 Å². The minimum Gasteiger partial charge on any atom is -0.201 e. The van der Waals surface area contributed by atoms with E-state index in [-0.39, 0.29) is 5.57 Å². The van der Waals surface area contributed by atoms with E-state index in [9.17, 15) is 0 Å². The fraction of sp³-hybridized carbons (Fsp3) is 0.0625. The van der Waals surface area contributed by atoms with E-state index in [0.29, 0.717) is 6.54 Å². The van der Waals surface area contributed by atoms with Crippen LogP contribution in [0.25, 0.3) is 5.57 Å². The standard InChI is InChI=1S/C16H12N3/c17-11-15(12-18)16(14-7-3-1-4-8-14)13-19-9-5-2-6-10-19/h1-10H,13H2/q+1. The summed E-state index contributed by atoms with van der Waals surface area (Å²) in [5.41, 5.74) is 1.79. The maximum Gasteiger partial charge on any atom is 0.176 e. The van der Waals surface area contributed by atoms with Crippen LogP contribution in [0.3, 0.4) is 0 Å². The van der Waals surface area contributed by atoms with Crippen molar-refractivity contribution in [2.45, 2.75) is 6.54 Å². The first-order valence-corrected chi connectivity index (χ1v) is 5.88. The predicted molar refractivity (Wildman–Crippen MR) is 71.2 cm³/mol. The zero-order valence-electron chi connectivity index (χ0n) is 10.3. The number of rotatable bonds is 3. The lowest BCUT2D eigenvalue weighted by Crippen LogP contribution is -2.33. The van der Waals surface area contributed by atoms with Crippen molar-refractivity contribution in [3.63, 3.8) is 0 Å².